The standard InChI is InChI=1S/C12H14F3NO2/c1-18-9-4-5-16(7-9)8-2-3-10(11(17)6-8)12(13,14)15/h2-3,6,9,17H,4-5,7H2,1H3. The molecule has 1 aromatic rings. The Morgan fingerprint density at radius 3 is 2.61 bits per heavy atom. The molecule has 0 bridgehead atoms. The fourth-order valence-corrected chi connectivity index (χ4v) is 2.11. The Morgan fingerprint density at radius 1 is 1.39 bits per heavy atom. The SMILES string of the molecule is COC1CCN(c2ccc(C(F)(F)F)c(O)c2)C1. The molecule has 0 aromatic heterocycles. The van der Waals surface area contributed by atoms with E-state index in [1.807, 2.05) is 4.90 Å². The van der Waals surface area contributed by atoms with E-state index in [4.69, 9.17) is 4.74 Å². The lowest BCUT2D eigenvalue weighted by Crippen LogP contribution is -2.22. The van der Waals surface area contributed by atoms with Crippen LogP contribution in [0.25, 0.3) is 0 Å². The van der Waals surface area contributed by atoms with Crippen LogP contribution in [0, 0.1) is 0 Å². The molecule has 0 amide bonds. The number of phenolic OH excluding ortho intramolecular Hbond substituents is 1. The molecule has 100 valence electrons. The van der Waals surface area contributed by atoms with Crippen LogP contribution in [-0.2, 0) is 10.9 Å². The zero-order valence-electron chi connectivity index (χ0n) is 9.87. The summed E-state index contributed by atoms with van der Waals surface area (Å²) in [7, 11) is 1.61. The maximum atomic E-state index is 12.5. The van der Waals surface area contributed by atoms with E-state index in [1.54, 1.807) is 7.11 Å². The minimum atomic E-state index is -4.53. The minimum absolute atomic E-state index is 0.0921. The molecule has 1 atom stereocenters. The van der Waals surface area contributed by atoms with E-state index in [0.29, 0.717) is 18.8 Å². The predicted octanol–water partition coefficient (Wildman–Crippen LogP) is 2.64. The lowest BCUT2D eigenvalue weighted by Gasteiger charge is -2.19. The third-order valence-corrected chi connectivity index (χ3v) is 3.13. The molecular weight excluding hydrogens is 247 g/mol. The first-order valence-corrected chi connectivity index (χ1v) is 5.60. The summed E-state index contributed by atoms with van der Waals surface area (Å²) < 4.78 is 42.6. The fraction of sp³-hybridized carbons (Fsp3) is 0.500. The molecule has 1 aliphatic rings. The number of rotatable bonds is 2. The number of hydrogen-bond donors (Lipinski definition) is 1. The highest BCUT2D eigenvalue weighted by Gasteiger charge is 2.34. The van der Waals surface area contributed by atoms with Gasteiger partial charge in [0.2, 0.25) is 0 Å². The molecule has 0 spiro atoms. The highest BCUT2D eigenvalue weighted by molar-refractivity contribution is 5.54. The van der Waals surface area contributed by atoms with Crippen molar-refractivity contribution in [1.29, 1.82) is 0 Å². The van der Waals surface area contributed by atoms with E-state index in [0.717, 1.165) is 18.6 Å². The van der Waals surface area contributed by atoms with Crippen LogP contribution in [0.1, 0.15) is 12.0 Å². The van der Waals surface area contributed by atoms with Gasteiger partial charge in [0, 0.05) is 32.0 Å². The topological polar surface area (TPSA) is 32.7 Å². The van der Waals surface area contributed by atoms with Crippen molar-refractivity contribution in [3.05, 3.63) is 23.8 Å². The summed E-state index contributed by atoms with van der Waals surface area (Å²) in [5.41, 5.74) is -0.422. The minimum Gasteiger partial charge on any atom is -0.507 e. The molecular formula is C12H14F3NO2. The monoisotopic (exact) mass is 261 g/mol. The molecule has 1 aliphatic heterocycles. The Bertz CT molecular complexity index is 434. The summed E-state index contributed by atoms with van der Waals surface area (Å²) in [6.45, 7) is 1.34. The molecule has 0 aliphatic carbocycles. The average Bonchev–Trinajstić information content (AvgIpc) is 2.75. The van der Waals surface area contributed by atoms with Crippen molar-refractivity contribution >= 4 is 5.69 Å². The molecule has 1 saturated heterocycles. The van der Waals surface area contributed by atoms with Gasteiger partial charge in [0.25, 0.3) is 0 Å². The van der Waals surface area contributed by atoms with Crippen LogP contribution in [0.15, 0.2) is 18.2 Å². The van der Waals surface area contributed by atoms with Crippen LogP contribution in [0.5, 0.6) is 5.75 Å². The van der Waals surface area contributed by atoms with E-state index in [-0.39, 0.29) is 6.10 Å². The molecule has 6 heteroatoms. The second-order valence-electron chi connectivity index (χ2n) is 4.29. The van der Waals surface area contributed by atoms with Gasteiger partial charge >= 0.3 is 6.18 Å². The first-order chi connectivity index (χ1) is 8.41. The largest absolute Gasteiger partial charge is 0.507 e. The van der Waals surface area contributed by atoms with Crippen molar-refractivity contribution in [2.24, 2.45) is 0 Å². The van der Waals surface area contributed by atoms with E-state index >= 15 is 0 Å². The first kappa shape index (κ1) is 13.0. The average molecular weight is 261 g/mol. The summed E-state index contributed by atoms with van der Waals surface area (Å²) in [6, 6.07) is 3.44. The van der Waals surface area contributed by atoms with Crippen LogP contribution >= 0.6 is 0 Å². The third kappa shape index (κ3) is 2.53. The van der Waals surface area contributed by atoms with Gasteiger partial charge in [0.05, 0.1) is 11.7 Å². The number of halogens is 3. The van der Waals surface area contributed by atoms with Gasteiger partial charge in [-0.15, -0.1) is 0 Å². The van der Waals surface area contributed by atoms with Crippen LogP contribution < -0.4 is 4.90 Å². The Labute approximate surface area is 103 Å². The fourth-order valence-electron chi connectivity index (χ4n) is 2.11. The Balaban J connectivity index is 2.20. The van der Waals surface area contributed by atoms with Crippen molar-refractivity contribution < 1.29 is 23.0 Å². The maximum Gasteiger partial charge on any atom is 0.419 e. The van der Waals surface area contributed by atoms with Crippen molar-refractivity contribution in [3.8, 4) is 5.75 Å². The highest BCUT2D eigenvalue weighted by atomic mass is 19.4. The zero-order chi connectivity index (χ0) is 13.3. The molecule has 0 radical (unpaired) electrons. The summed E-state index contributed by atoms with van der Waals surface area (Å²) >= 11 is 0. The van der Waals surface area contributed by atoms with Crippen molar-refractivity contribution in [2.45, 2.75) is 18.7 Å². The van der Waals surface area contributed by atoms with Gasteiger partial charge in [-0.2, -0.15) is 13.2 Å². The normalized spacial score (nSPS) is 20.4. The Morgan fingerprint density at radius 2 is 2.11 bits per heavy atom. The van der Waals surface area contributed by atoms with E-state index in [9.17, 15) is 18.3 Å². The van der Waals surface area contributed by atoms with E-state index in [1.165, 1.54) is 6.07 Å². The molecule has 1 N–H and O–H groups in total. The quantitative estimate of drug-likeness (QED) is 0.888. The van der Waals surface area contributed by atoms with Gasteiger partial charge in [-0.3, -0.25) is 0 Å². The molecule has 0 saturated carbocycles. The second-order valence-corrected chi connectivity index (χ2v) is 4.29. The molecule has 1 heterocycles. The predicted molar refractivity (Wildman–Crippen MR) is 60.7 cm³/mol. The maximum absolute atomic E-state index is 12.5. The number of hydrogen-bond acceptors (Lipinski definition) is 3. The molecule has 1 fully saturated rings. The molecule has 3 nitrogen and oxygen atoms in total. The first-order valence-electron chi connectivity index (χ1n) is 5.60. The van der Waals surface area contributed by atoms with Crippen LogP contribution in [0.3, 0.4) is 0 Å². The summed E-state index contributed by atoms with van der Waals surface area (Å²) in [5.74, 6) is -0.735. The lowest BCUT2D eigenvalue weighted by molar-refractivity contribution is -0.138. The molecule has 1 unspecified atom stereocenters. The van der Waals surface area contributed by atoms with Crippen molar-refractivity contribution in [3.63, 3.8) is 0 Å². The smallest absolute Gasteiger partial charge is 0.419 e. The molecule has 18 heavy (non-hydrogen) atoms. The van der Waals surface area contributed by atoms with Crippen LogP contribution in [0.4, 0.5) is 18.9 Å². The highest BCUT2D eigenvalue weighted by Crippen LogP contribution is 2.38. The lowest BCUT2D eigenvalue weighted by atomic mass is 10.1. The van der Waals surface area contributed by atoms with Gasteiger partial charge in [-0.05, 0) is 18.6 Å². The number of aromatic hydroxyl groups is 1. The Hall–Kier alpha value is -1.43. The van der Waals surface area contributed by atoms with Crippen LogP contribution in [-0.4, -0.2) is 31.4 Å². The summed E-state index contributed by atoms with van der Waals surface area (Å²) in [4.78, 5) is 1.90. The molecule has 2 rings (SSSR count). The summed E-state index contributed by atoms with van der Waals surface area (Å²) in [6.07, 6.45) is -3.60. The number of benzene rings is 1. The molecule has 1 aromatic carbocycles. The van der Waals surface area contributed by atoms with Gasteiger partial charge < -0.3 is 14.7 Å². The van der Waals surface area contributed by atoms with Gasteiger partial charge in [-0.25, -0.2) is 0 Å². The van der Waals surface area contributed by atoms with E-state index < -0.39 is 17.5 Å². The zero-order valence-corrected chi connectivity index (χ0v) is 9.87. The summed E-state index contributed by atoms with van der Waals surface area (Å²) in [5, 5.41) is 9.43. The van der Waals surface area contributed by atoms with Gasteiger partial charge in [0.1, 0.15) is 5.75 Å². The number of anilines is 1. The van der Waals surface area contributed by atoms with Crippen molar-refractivity contribution in [1.82, 2.24) is 0 Å². The van der Waals surface area contributed by atoms with E-state index in [2.05, 4.69) is 0 Å². The van der Waals surface area contributed by atoms with Gasteiger partial charge in [0.15, 0.2) is 0 Å². The second kappa shape index (κ2) is 4.68. The number of phenols is 1. The van der Waals surface area contributed by atoms with Crippen LogP contribution in [0.2, 0.25) is 0 Å². The third-order valence-electron chi connectivity index (χ3n) is 3.13. The van der Waals surface area contributed by atoms with Crippen molar-refractivity contribution in [2.75, 3.05) is 25.1 Å². The Kier molecular flexibility index (Phi) is 3.38. The number of alkyl halides is 3. The van der Waals surface area contributed by atoms with Gasteiger partial charge in [-0.1, -0.05) is 0 Å². The number of methoxy groups -OCH3 is 1. The number of ether oxygens (including phenoxy) is 1. The number of nitrogens with zero attached hydrogens (tertiary/aromatic N) is 1.